The number of fused-ring (bicyclic) bond motifs is 1. The highest BCUT2D eigenvalue weighted by atomic mass is 16.3. The maximum Gasteiger partial charge on any atom is 0.217 e. The van der Waals surface area contributed by atoms with Crippen LogP contribution in [-0.4, -0.2) is 17.6 Å². The molecule has 0 heterocycles. The summed E-state index contributed by atoms with van der Waals surface area (Å²) in [6.45, 7) is 1.67. The Hall–Kier alpha value is -1.35. The fourth-order valence-corrected chi connectivity index (χ4v) is 2.29. The standard InChI is InChI=1S/C12H15NO2/c1-8(15)13-12-6-9(7-14)10-4-2-3-5-11(10)12/h2-5,9,12,14H,6-7H2,1H3,(H,13,15). The van der Waals surface area contributed by atoms with Crippen molar-refractivity contribution in [3.8, 4) is 0 Å². The fraction of sp³-hybridized carbons (Fsp3) is 0.417. The van der Waals surface area contributed by atoms with Gasteiger partial charge >= 0.3 is 0 Å². The predicted molar refractivity (Wildman–Crippen MR) is 57.4 cm³/mol. The number of nitrogens with one attached hydrogen (secondary N) is 1. The lowest BCUT2D eigenvalue weighted by Crippen LogP contribution is -2.24. The van der Waals surface area contributed by atoms with Crippen molar-refractivity contribution in [3.05, 3.63) is 35.4 Å². The molecule has 3 nitrogen and oxygen atoms in total. The van der Waals surface area contributed by atoms with E-state index in [4.69, 9.17) is 0 Å². The number of hydrogen-bond acceptors (Lipinski definition) is 2. The second kappa shape index (κ2) is 4.03. The molecule has 80 valence electrons. The van der Waals surface area contributed by atoms with E-state index in [0.29, 0.717) is 0 Å². The molecule has 1 aliphatic rings. The molecule has 15 heavy (non-hydrogen) atoms. The summed E-state index contributed by atoms with van der Waals surface area (Å²) >= 11 is 0. The van der Waals surface area contributed by atoms with E-state index in [1.165, 1.54) is 12.5 Å². The first-order chi connectivity index (χ1) is 7.22. The van der Waals surface area contributed by atoms with Gasteiger partial charge < -0.3 is 10.4 Å². The summed E-state index contributed by atoms with van der Waals surface area (Å²) in [6.07, 6.45) is 0.801. The van der Waals surface area contributed by atoms with Gasteiger partial charge in [-0.05, 0) is 17.5 Å². The topological polar surface area (TPSA) is 49.3 Å². The highest BCUT2D eigenvalue weighted by Gasteiger charge is 2.30. The largest absolute Gasteiger partial charge is 0.396 e. The molecular formula is C12H15NO2. The molecule has 0 radical (unpaired) electrons. The van der Waals surface area contributed by atoms with Crippen LogP contribution in [0.1, 0.15) is 36.4 Å². The summed E-state index contributed by atoms with van der Waals surface area (Å²) in [5, 5.41) is 12.2. The van der Waals surface area contributed by atoms with E-state index in [0.717, 1.165) is 12.0 Å². The van der Waals surface area contributed by atoms with Gasteiger partial charge in [-0.1, -0.05) is 24.3 Å². The molecule has 0 bridgehead atoms. The molecule has 2 N–H and O–H groups in total. The van der Waals surface area contributed by atoms with Gasteiger partial charge in [0.05, 0.1) is 12.6 Å². The second-order valence-corrected chi connectivity index (χ2v) is 4.00. The number of amides is 1. The van der Waals surface area contributed by atoms with Gasteiger partial charge in [-0.15, -0.1) is 0 Å². The molecule has 1 aliphatic carbocycles. The number of aliphatic hydroxyl groups is 1. The Kier molecular flexibility index (Phi) is 2.73. The molecule has 3 heteroatoms. The van der Waals surface area contributed by atoms with Crippen LogP contribution in [0.2, 0.25) is 0 Å². The summed E-state index contributed by atoms with van der Waals surface area (Å²) < 4.78 is 0. The molecule has 0 aromatic heterocycles. The Morgan fingerprint density at radius 2 is 2.13 bits per heavy atom. The molecular weight excluding hydrogens is 190 g/mol. The van der Waals surface area contributed by atoms with Gasteiger partial charge in [-0.3, -0.25) is 4.79 Å². The third-order valence-electron chi connectivity index (χ3n) is 2.93. The van der Waals surface area contributed by atoms with E-state index < -0.39 is 0 Å². The van der Waals surface area contributed by atoms with Crippen LogP contribution in [-0.2, 0) is 4.79 Å². The summed E-state index contributed by atoms with van der Waals surface area (Å²) in [5.41, 5.74) is 2.31. The first-order valence-electron chi connectivity index (χ1n) is 5.19. The van der Waals surface area contributed by atoms with Crippen LogP contribution in [0.25, 0.3) is 0 Å². The van der Waals surface area contributed by atoms with Crippen molar-refractivity contribution in [2.75, 3.05) is 6.61 Å². The summed E-state index contributed by atoms with van der Waals surface area (Å²) in [5.74, 6) is 0.145. The zero-order valence-corrected chi connectivity index (χ0v) is 8.73. The quantitative estimate of drug-likeness (QED) is 0.765. The first kappa shape index (κ1) is 10.2. The maximum absolute atomic E-state index is 11.0. The van der Waals surface area contributed by atoms with Crippen molar-refractivity contribution < 1.29 is 9.90 Å². The molecule has 0 fully saturated rings. The molecule has 0 saturated heterocycles. The minimum Gasteiger partial charge on any atom is -0.396 e. The number of carbonyl (C=O) groups is 1. The lowest BCUT2D eigenvalue weighted by atomic mass is 10.0. The first-order valence-corrected chi connectivity index (χ1v) is 5.19. The van der Waals surface area contributed by atoms with Crippen LogP contribution >= 0.6 is 0 Å². The van der Waals surface area contributed by atoms with E-state index in [-0.39, 0.29) is 24.5 Å². The third-order valence-corrected chi connectivity index (χ3v) is 2.93. The lowest BCUT2D eigenvalue weighted by molar-refractivity contribution is -0.119. The average molecular weight is 205 g/mol. The zero-order chi connectivity index (χ0) is 10.8. The van der Waals surface area contributed by atoms with E-state index in [1.807, 2.05) is 24.3 Å². The van der Waals surface area contributed by atoms with Crippen molar-refractivity contribution in [1.82, 2.24) is 5.32 Å². The summed E-state index contributed by atoms with van der Waals surface area (Å²) in [6, 6.07) is 8.05. The Balaban J connectivity index is 2.29. The van der Waals surface area contributed by atoms with E-state index >= 15 is 0 Å². The Bertz CT molecular complexity index is 376. The van der Waals surface area contributed by atoms with Gasteiger partial charge in [0.25, 0.3) is 0 Å². The normalized spacial score (nSPS) is 23.6. The van der Waals surface area contributed by atoms with Crippen molar-refractivity contribution >= 4 is 5.91 Å². The van der Waals surface area contributed by atoms with Gasteiger partial charge in [-0.25, -0.2) is 0 Å². The maximum atomic E-state index is 11.0. The molecule has 0 aliphatic heterocycles. The second-order valence-electron chi connectivity index (χ2n) is 4.00. The molecule has 0 spiro atoms. The Morgan fingerprint density at radius 3 is 2.73 bits per heavy atom. The number of rotatable bonds is 2. The minimum atomic E-state index is -0.0200. The SMILES string of the molecule is CC(=O)NC1CC(CO)c2ccccc21. The highest BCUT2D eigenvalue weighted by Crippen LogP contribution is 2.39. The molecule has 1 amide bonds. The summed E-state index contributed by atoms with van der Waals surface area (Å²) in [7, 11) is 0. The molecule has 2 atom stereocenters. The van der Waals surface area contributed by atoms with Crippen LogP contribution in [0.5, 0.6) is 0 Å². The minimum absolute atomic E-state index is 0.0200. The average Bonchev–Trinajstić information content (AvgIpc) is 2.56. The molecule has 0 saturated carbocycles. The van der Waals surface area contributed by atoms with Crippen molar-refractivity contribution in [2.24, 2.45) is 0 Å². The van der Waals surface area contributed by atoms with Crippen LogP contribution in [0.4, 0.5) is 0 Å². The van der Waals surface area contributed by atoms with Gasteiger partial charge in [-0.2, -0.15) is 0 Å². The number of benzene rings is 1. The van der Waals surface area contributed by atoms with Gasteiger partial charge in [0.15, 0.2) is 0 Å². The Labute approximate surface area is 89.1 Å². The Morgan fingerprint density at radius 1 is 1.47 bits per heavy atom. The van der Waals surface area contributed by atoms with Crippen molar-refractivity contribution in [1.29, 1.82) is 0 Å². The number of hydrogen-bond donors (Lipinski definition) is 2. The lowest BCUT2D eigenvalue weighted by Gasteiger charge is -2.12. The molecule has 2 unspecified atom stereocenters. The smallest absolute Gasteiger partial charge is 0.217 e. The zero-order valence-electron chi connectivity index (χ0n) is 8.73. The van der Waals surface area contributed by atoms with Crippen molar-refractivity contribution in [3.63, 3.8) is 0 Å². The summed E-state index contributed by atoms with van der Waals surface area (Å²) in [4.78, 5) is 11.0. The van der Waals surface area contributed by atoms with Gasteiger partial charge in [0.2, 0.25) is 5.91 Å². The molecule has 1 aromatic carbocycles. The van der Waals surface area contributed by atoms with Crippen LogP contribution < -0.4 is 5.32 Å². The fourth-order valence-electron chi connectivity index (χ4n) is 2.29. The van der Waals surface area contributed by atoms with Crippen LogP contribution in [0, 0.1) is 0 Å². The number of carbonyl (C=O) groups excluding carboxylic acids is 1. The third kappa shape index (κ3) is 1.88. The highest BCUT2D eigenvalue weighted by molar-refractivity contribution is 5.73. The van der Waals surface area contributed by atoms with Gasteiger partial charge in [0, 0.05) is 12.8 Å². The van der Waals surface area contributed by atoms with E-state index in [9.17, 15) is 9.90 Å². The molecule has 2 rings (SSSR count). The van der Waals surface area contributed by atoms with E-state index in [2.05, 4.69) is 5.32 Å². The monoisotopic (exact) mass is 205 g/mol. The molecule has 1 aromatic rings. The van der Waals surface area contributed by atoms with Crippen molar-refractivity contribution in [2.45, 2.75) is 25.3 Å². The predicted octanol–water partition coefficient (Wildman–Crippen LogP) is 1.34. The van der Waals surface area contributed by atoms with Crippen LogP contribution in [0.15, 0.2) is 24.3 Å². The van der Waals surface area contributed by atoms with Crippen LogP contribution in [0.3, 0.4) is 0 Å². The van der Waals surface area contributed by atoms with Gasteiger partial charge in [0.1, 0.15) is 0 Å². The number of aliphatic hydroxyl groups excluding tert-OH is 1. The van der Waals surface area contributed by atoms with E-state index in [1.54, 1.807) is 0 Å².